The van der Waals surface area contributed by atoms with Crippen molar-refractivity contribution in [1.29, 1.82) is 0 Å². The second-order valence-electron chi connectivity index (χ2n) is 3.41. The van der Waals surface area contributed by atoms with Crippen molar-refractivity contribution in [3.05, 3.63) is 53.8 Å². The lowest BCUT2D eigenvalue weighted by molar-refractivity contribution is 0.890. The van der Waals surface area contributed by atoms with E-state index in [1.807, 2.05) is 42.5 Å². The molecule has 0 aliphatic rings. The van der Waals surface area contributed by atoms with Crippen LogP contribution in [0.5, 0.6) is 0 Å². The fourth-order valence-corrected chi connectivity index (χ4v) is 1.91. The number of pyridine rings is 1. The first-order valence-electron chi connectivity index (χ1n) is 4.91. The Morgan fingerprint density at radius 2 is 1.81 bits per heavy atom. The van der Waals surface area contributed by atoms with Crippen molar-refractivity contribution in [2.75, 3.05) is 0 Å². The molecule has 0 spiro atoms. The SMILES string of the molecule is Clc1c2cccnc2nn1-c1ccccc1. The van der Waals surface area contributed by atoms with Gasteiger partial charge in [0, 0.05) is 6.20 Å². The Hall–Kier alpha value is -1.87. The molecule has 1 aromatic carbocycles. The summed E-state index contributed by atoms with van der Waals surface area (Å²) in [6.07, 6.45) is 1.71. The molecule has 0 unspecified atom stereocenters. The van der Waals surface area contributed by atoms with Crippen LogP contribution in [0.4, 0.5) is 0 Å². The Labute approximate surface area is 97.3 Å². The molecule has 2 heterocycles. The van der Waals surface area contributed by atoms with Gasteiger partial charge in [0.15, 0.2) is 5.65 Å². The van der Waals surface area contributed by atoms with Gasteiger partial charge in [-0.25, -0.2) is 9.67 Å². The molecule has 78 valence electrons. The van der Waals surface area contributed by atoms with Gasteiger partial charge in [0.25, 0.3) is 0 Å². The second kappa shape index (κ2) is 3.61. The van der Waals surface area contributed by atoms with Gasteiger partial charge >= 0.3 is 0 Å². The maximum Gasteiger partial charge on any atom is 0.183 e. The first-order chi connectivity index (χ1) is 7.86. The molecule has 2 aromatic heterocycles. The van der Waals surface area contributed by atoms with Crippen LogP contribution in [0.3, 0.4) is 0 Å². The third-order valence-corrected chi connectivity index (χ3v) is 2.75. The molecular weight excluding hydrogens is 222 g/mol. The molecule has 0 N–H and O–H groups in total. The maximum absolute atomic E-state index is 6.25. The summed E-state index contributed by atoms with van der Waals surface area (Å²) in [4.78, 5) is 4.17. The van der Waals surface area contributed by atoms with Gasteiger partial charge in [0.1, 0.15) is 5.15 Å². The van der Waals surface area contributed by atoms with E-state index in [4.69, 9.17) is 11.6 Å². The molecule has 0 saturated carbocycles. The number of benzene rings is 1. The number of nitrogens with zero attached hydrogens (tertiary/aromatic N) is 3. The second-order valence-corrected chi connectivity index (χ2v) is 3.77. The third-order valence-electron chi connectivity index (χ3n) is 2.39. The first kappa shape index (κ1) is 9.36. The quantitative estimate of drug-likeness (QED) is 0.642. The molecule has 16 heavy (non-hydrogen) atoms. The van der Waals surface area contributed by atoms with Crippen LogP contribution in [0, 0.1) is 0 Å². The molecule has 0 atom stereocenters. The van der Waals surface area contributed by atoms with Crippen LogP contribution < -0.4 is 0 Å². The summed E-state index contributed by atoms with van der Waals surface area (Å²) in [6.45, 7) is 0. The minimum Gasteiger partial charge on any atom is -0.235 e. The summed E-state index contributed by atoms with van der Waals surface area (Å²) in [5.74, 6) is 0. The van der Waals surface area contributed by atoms with Gasteiger partial charge in [-0.15, -0.1) is 5.10 Å². The van der Waals surface area contributed by atoms with Crippen LogP contribution in [0.25, 0.3) is 16.7 Å². The van der Waals surface area contributed by atoms with Crippen molar-refractivity contribution in [3.63, 3.8) is 0 Å². The minimum absolute atomic E-state index is 0.592. The van der Waals surface area contributed by atoms with Gasteiger partial charge in [0.05, 0.1) is 11.1 Å². The number of halogens is 1. The van der Waals surface area contributed by atoms with Gasteiger partial charge in [-0.1, -0.05) is 29.8 Å². The van der Waals surface area contributed by atoms with Crippen LogP contribution in [0.1, 0.15) is 0 Å². The maximum atomic E-state index is 6.25. The van der Waals surface area contributed by atoms with Crippen molar-refractivity contribution in [2.45, 2.75) is 0 Å². The summed E-state index contributed by atoms with van der Waals surface area (Å²) in [5.41, 5.74) is 1.60. The van der Waals surface area contributed by atoms with Crippen LogP contribution in [0.2, 0.25) is 5.15 Å². The topological polar surface area (TPSA) is 30.7 Å². The van der Waals surface area contributed by atoms with Crippen LogP contribution in [-0.4, -0.2) is 14.8 Å². The molecule has 0 amide bonds. The Kier molecular flexibility index (Phi) is 2.11. The highest BCUT2D eigenvalue weighted by atomic mass is 35.5. The van der Waals surface area contributed by atoms with E-state index < -0.39 is 0 Å². The van der Waals surface area contributed by atoms with E-state index in [2.05, 4.69) is 10.1 Å². The summed E-state index contributed by atoms with van der Waals surface area (Å²) in [5, 5.41) is 5.82. The minimum atomic E-state index is 0.592. The van der Waals surface area contributed by atoms with Crippen LogP contribution >= 0.6 is 11.6 Å². The van der Waals surface area contributed by atoms with Crippen molar-refractivity contribution in [2.24, 2.45) is 0 Å². The number of hydrogen-bond acceptors (Lipinski definition) is 2. The van der Waals surface area contributed by atoms with Crippen LogP contribution in [-0.2, 0) is 0 Å². The first-order valence-corrected chi connectivity index (χ1v) is 5.29. The average molecular weight is 230 g/mol. The van der Waals surface area contributed by atoms with E-state index in [1.165, 1.54) is 0 Å². The molecule has 0 saturated heterocycles. The van der Waals surface area contributed by atoms with E-state index in [-0.39, 0.29) is 0 Å². The zero-order valence-corrected chi connectivity index (χ0v) is 9.09. The average Bonchev–Trinajstić information content (AvgIpc) is 2.69. The number of aromatic nitrogens is 3. The predicted molar refractivity (Wildman–Crippen MR) is 63.9 cm³/mol. The fourth-order valence-electron chi connectivity index (χ4n) is 1.63. The normalized spacial score (nSPS) is 10.8. The van der Waals surface area contributed by atoms with Gasteiger partial charge in [0.2, 0.25) is 0 Å². The standard InChI is InChI=1S/C12H8ClN3/c13-11-10-7-4-8-14-12(10)15-16(11)9-5-2-1-3-6-9/h1-8H. The Bertz CT molecular complexity index is 631. The van der Waals surface area contributed by atoms with Gasteiger partial charge in [-0.2, -0.15) is 0 Å². The highest BCUT2D eigenvalue weighted by molar-refractivity contribution is 6.34. The lowest BCUT2D eigenvalue weighted by atomic mass is 10.3. The van der Waals surface area contributed by atoms with E-state index in [0.717, 1.165) is 11.1 Å². The number of fused-ring (bicyclic) bond motifs is 1. The van der Waals surface area contributed by atoms with Gasteiger partial charge in [-0.05, 0) is 24.3 Å². The molecule has 0 aliphatic carbocycles. The molecule has 0 fully saturated rings. The summed E-state index contributed by atoms with van der Waals surface area (Å²) >= 11 is 6.25. The number of rotatable bonds is 1. The summed E-state index contributed by atoms with van der Waals surface area (Å²) in [6, 6.07) is 13.5. The van der Waals surface area contributed by atoms with E-state index in [9.17, 15) is 0 Å². The fraction of sp³-hybridized carbons (Fsp3) is 0. The molecule has 4 heteroatoms. The van der Waals surface area contributed by atoms with Crippen molar-refractivity contribution < 1.29 is 0 Å². The van der Waals surface area contributed by atoms with Crippen molar-refractivity contribution in [3.8, 4) is 5.69 Å². The number of hydrogen-bond donors (Lipinski definition) is 0. The highest BCUT2D eigenvalue weighted by Crippen LogP contribution is 2.24. The monoisotopic (exact) mass is 229 g/mol. The Balaban J connectivity index is 2.29. The van der Waals surface area contributed by atoms with Crippen molar-refractivity contribution in [1.82, 2.24) is 14.8 Å². The summed E-state index contributed by atoms with van der Waals surface area (Å²) in [7, 11) is 0. The van der Waals surface area contributed by atoms with Gasteiger partial charge in [-0.3, -0.25) is 0 Å². The Morgan fingerprint density at radius 1 is 1.00 bits per heavy atom. The lowest BCUT2D eigenvalue weighted by Gasteiger charge is -2.00. The summed E-state index contributed by atoms with van der Waals surface area (Å²) < 4.78 is 1.69. The van der Waals surface area contributed by atoms with Crippen LogP contribution in [0.15, 0.2) is 48.7 Å². The molecule has 3 aromatic rings. The molecule has 3 rings (SSSR count). The highest BCUT2D eigenvalue weighted by Gasteiger charge is 2.10. The molecule has 0 radical (unpaired) electrons. The smallest absolute Gasteiger partial charge is 0.183 e. The van der Waals surface area contributed by atoms with E-state index in [0.29, 0.717) is 10.8 Å². The molecule has 3 nitrogen and oxygen atoms in total. The van der Waals surface area contributed by atoms with E-state index >= 15 is 0 Å². The predicted octanol–water partition coefficient (Wildman–Crippen LogP) is 3.07. The van der Waals surface area contributed by atoms with E-state index in [1.54, 1.807) is 10.9 Å². The molecular formula is C12H8ClN3. The zero-order chi connectivity index (χ0) is 11.0. The van der Waals surface area contributed by atoms with Gasteiger partial charge < -0.3 is 0 Å². The molecule has 0 aliphatic heterocycles. The zero-order valence-electron chi connectivity index (χ0n) is 8.34. The largest absolute Gasteiger partial charge is 0.235 e. The lowest BCUT2D eigenvalue weighted by Crippen LogP contribution is -1.95. The van der Waals surface area contributed by atoms with Crippen molar-refractivity contribution >= 4 is 22.6 Å². The molecule has 0 bridgehead atoms. The number of para-hydroxylation sites is 1. The Morgan fingerprint density at radius 3 is 2.56 bits per heavy atom. The third kappa shape index (κ3) is 1.37.